The Labute approximate surface area is 183 Å². The number of thiophene rings is 1. The number of hydrogen-bond donors (Lipinski definition) is 1. The number of ketones is 1. The molecule has 0 atom stereocenters. The van der Waals surface area contributed by atoms with E-state index < -0.39 is 5.97 Å². The van der Waals surface area contributed by atoms with E-state index in [-0.39, 0.29) is 30.5 Å². The topological polar surface area (TPSA) is 86.6 Å². The minimum Gasteiger partial charge on any atom is -0.482 e. The zero-order valence-corrected chi connectivity index (χ0v) is 18.1. The van der Waals surface area contributed by atoms with Gasteiger partial charge in [-0.3, -0.25) is 9.59 Å². The van der Waals surface area contributed by atoms with E-state index in [1.165, 1.54) is 17.0 Å². The van der Waals surface area contributed by atoms with Gasteiger partial charge in [0.2, 0.25) is 5.78 Å². The summed E-state index contributed by atoms with van der Waals surface area (Å²) in [6, 6.07) is 10.6. The summed E-state index contributed by atoms with van der Waals surface area (Å²) in [5.41, 5.74) is 3.18. The molecule has 1 aliphatic heterocycles. The first-order valence-corrected chi connectivity index (χ1v) is 10.8. The lowest BCUT2D eigenvalue weighted by molar-refractivity contribution is -0.118. The second kappa shape index (κ2) is 8.77. The number of nitrogens with one attached hydrogen (secondary N) is 1. The molecule has 2 aromatic heterocycles. The molecule has 1 N–H and O–H groups in total. The van der Waals surface area contributed by atoms with Gasteiger partial charge >= 0.3 is 5.97 Å². The van der Waals surface area contributed by atoms with E-state index in [2.05, 4.69) is 21.3 Å². The van der Waals surface area contributed by atoms with Crippen LogP contribution < -0.4 is 10.1 Å². The highest BCUT2D eigenvalue weighted by atomic mass is 32.1. The number of aryl methyl sites for hydroxylation is 2. The lowest BCUT2D eigenvalue weighted by Crippen LogP contribution is -2.25. The van der Waals surface area contributed by atoms with E-state index in [4.69, 9.17) is 9.47 Å². The van der Waals surface area contributed by atoms with Gasteiger partial charge in [-0.15, -0.1) is 11.3 Å². The number of carbonyl (C=O) groups is 3. The van der Waals surface area contributed by atoms with Crippen LogP contribution in [0.1, 0.15) is 37.0 Å². The van der Waals surface area contributed by atoms with E-state index in [1.807, 2.05) is 26.0 Å². The molecule has 0 aliphatic carbocycles. The zero-order valence-electron chi connectivity index (χ0n) is 17.3. The van der Waals surface area contributed by atoms with Crippen molar-refractivity contribution >= 4 is 34.7 Å². The van der Waals surface area contributed by atoms with Crippen molar-refractivity contribution in [3.05, 3.63) is 69.2 Å². The summed E-state index contributed by atoms with van der Waals surface area (Å²) >= 11 is 1.72. The van der Waals surface area contributed by atoms with Crippen LogP contribution >= 0.6 is 11.3 Å². The average molecular weight is 439 g/mol. The van der Waals surface area contributed by atoms with Gasteiger partial charge in [-0.2, -0.15) is 0 Å². The molecule has 1 amide bonds. The van der Waals surface area contributed by atoms with Crippen molar-refractivity contribution in [3.63, 3.8) is 0 Å². The maximum absolute atomic E-state index is 12.7. The lowest BCUT2D eigenvalue weighted by Gasteiger charge is -2.18. The number of esters is 1. The molecule has 0 saturated heterocycles. The van der Waals surface area contributed by atoms with Crippen LogP contribution in [0.25, 0.3) is 0 Å². The number of nitrogens with zero attached hydrogens (tertiary/aromatic N) is 1. The van der Waals surface area contributed by atoms with Crippen LogP contribution in [0, 0.1) is 13.8 Å². The lowest BCUT2D eigenvalue weighted by atomic mass is 10.1. The Hall–Kier alpha value is -3.39. The summed E-state index contributed by atoms with van der Waals surface area (Å²) in [6.45, 7) is 4.22. The Morgan fingerprint density at radius 1 is 1.23 bits per heavy atom. The SMILES string of the molecule is Cc1cc(C(=O)COC(=O)c2ccc3c(c2)OCC(=O)N3)c(C)n1CCc1cccs1. The van der Waals surface area contributed by atoms with Crippen molar-refractivity contribution < 1.29 is 23.9 Å². The highest BCUT2D eigenvalue weighted by Gasteiger charge is 2.21. The third-order valence-corrected chi connectivity index (χ3v) is 6.16. The largest absolute Gasteiger partial charge is 0.482 e. The molecule has 0 unspecified atom stereocenters. The predicted molar refractivity (Wildman–Crippen MR) is 117 cm³/mol. The van der Waals surface area contributed by atoms with Crippen molar-refractivity contribution in [2.75, 3.05) is 18.5 Å². The fraction of sp³-hybridized carbons (Fsp3) is 0.261. The fourth-order valence-corrected chi connectivity index (χ4v) is 4.30. The molecule has 160 valence electrons. The number of carbonyl (C=O) groups excluding carboxylic acids is 3. The molecule has 1 aliphatic rings. The Bertz CT molecular complexity index is 1150. The molecule has 7 nitrogen and oxygen atoms in total. The van der Waals surface area contributed by atoms with Crippen LogP contribution in [-0.2, 0) is 22.5 Å². The molecule has 0 saturated carbocycles. The van der Waals surface area contributed by atoms with Crippen LogP contribution in [0.3, 0.4) is 0 Å². The molecule has 0 radical (unpaired) electrons. The molecular formula is C23H22N2O5S. The first kappa shape index (κ1) is 20.9. The standard InChI is InChI=1S/C23H22N2O5S/c1-14-10-18(15(2)25(14)8-7-17-4-3-9-31-17)20(26)12-30-23(28)16-5-6-19-21(11-16)29-13-22(27)24-19/h3-6,9-11H,7-8,12-13H2,1-2H3,(H,24,27). The number of amides is 1. The number of anilines is 1. The van der Waals surface area contributed by atoms with Gasteiger partial charge in [0.25, 0.3) is 5.91 Å². The second-order valence-corrected chi connectivity index (χ2v) is 8.35. The molecule has 0 spiro atoms. The number of benzene rings is 1. The molecule has 3 aromatic rings. The molecule has 1 aromatic carbocycles. The molecule has 8 heteroatoms. The van der Waals surface area contributed by atoms with Crippen LogP contribution in [0.5, 0.6) is 5.75 Å². The molecule has 0 fully saturated rings. The van der Waals surface area contributed by atoms with Crippen molar-refractivity contribution in [2.24, 2.45) is 0 Å². The molecular weight excluding hydrogens is 416 g/mol. The Morgan fingerprint density at radius 2 is 2.06 bits per heavy atom. The number of hydrogen-bond acceptors (Lipinski definition) is 6. The summed E-state index contributed by atoms with van der Waals surface area (Å²) in [5.74, 6) is -0.718. The molecule has 0 bridgehead atoms. The van der Waals surface area contributed by atoms with Gasteiger partial charge in [0.1, 0.15) is 5.75 Å². The Morgan fingerprint density at radius 3 is 2.84 bits per heavy atom. The fourth-order valence-electron chi connectivity index (χ4n) is 3.60. The smallest absolute Gasteiger partial charge is 0.338 e. The zero-order chi connectivity index (χ0) is 22.0. The van der Waals surface area contributed by atoms with Crippen LogP contribution in [0.4, 0.5) is 5.69 Å². The van der Waals surface area contributed by atoms with Gasteiger partial charge in [-0.25, -0.2) is 4.79 Å². The number of fused-ring (bicyclic) bond motifs is 1. The van der Waals surface area contributed by atoms with Gasteiger partial charge < -0.3 is 19.4 Å². The number of rotatable bonds is 7. The third kappa shape index (κ3) is 4.54. The van der Waals surface area contributed by atoms with Gasteiger partial charge in [0.15, 0.2) is 13.2 Å². The minimum atomic E-state index is -0.622. The minimum absolute atomic E-state index is 0.105. The third-order valence-electron chi connectivity index (χ3n) is 5.22. The van der Waals surface area contributed by atoms with Crippen molar-refractivity contribution in [3.8, 4) is 5.75 Å². The van der Waals surface area contributed by atoms with Gasteiger partial charge in [0.05, 0.1) is 11.3 Å². The highest BCUT2D eigenvalue weighted by Crippen LogP contribution is 2.28. The highest BCUT2D eigenvalue weighted by molar-refractivity contribution is 7.09. The van der Waals surface area contributed by atoms with E-state index in [0.29, 0.717) is 17.0 Å². The predicted octanol–water partition coefficient (Wildman–Crippen LogP) is 3.78. The van der Waals surface area contributed by atoms with Crippen LogP contribution in [0.2, 0.25) is 0 Å². The van der Waals surface area contributed by atoms with E-state index >= 15 is 0 Å². The van der Waals surface area contributed by atoms with E-state index in [9.17, 15) is 14.4 Å². The van der Waals surface area contributed by atoms with Gasteiger partial charge in [0, 0.05) is 28.4 Å². The van der Waals surface area contributed by atoms with Crippen molar-refractivity contribution in [2.45, 2.75) is 26.8 Å². The van der Waals surface area contributed by atoms with E-state index in [1.54, 1.807) is 17.4 Å². The molecule has 3 heterocycles. The summed E-state index contributed by atoms with van der Waals surface area (Å²) in [4.78, 5) is 37.7. The maximum Gasteiger partial charge on any atom is 0.338 e. The van der Waals surface area contributed by atoms with Gasteiger partial charge in [-0.1, -0.05) is 6.07 Å². The first-order chi connectivity index (χ1) is 14.9. The normalized spacial score (nSPS) is 12.6. The van der Waals surface area contributed by atoms with Gasteiger partial charge in [-0.05, 0) is 56.0 Å². The summed E-state index contributed by atoms with van der Waals surface area (Å²) in [7, 11) is 0. The average Bonchev–Trinajstić information content (AvgIpc) is 3.37. The Balaban J connectivity index is 1.39. The van der Waals surface area contributed by atoms with Crippen molar-refractivity contribution in [1.29, 1.82) is 0 Å². The summed E-state index contributed by atoms with van der Waals surface area (Å²) in [6.07, 6.45) is 0.900. The summed E-state index contributed by atoms with van der Waals surface area (Å²) in [5, 5.41) is 4.71. The Kier molecular flexibility index (Phi) is 5.90. The van der Waals surface area contributed by atoms with Crippen LogP contribution in [0.15, 0.2) is 41.8 Å². The first-order valence-electron chi connectivity index (χ1n) is 9.88. The quantitative estimate of drug-likeness (QED) is 0.448. The monoisotopic (exact) mass is 438 g/mol. The maximum atomic E-state index is 12.7. The number of Topliss-reactive ketones (excluding diaryl/α,β-unsaturated/α-hetero) is 1. The van der Waals surface area contributed by atoms with E-state index in [0.717, 1.165) is 24.4 Å². The second-order valence-electron chi connectivity index (χ2n) is 7.31. The number of ether oxygens (including phenoxy) is 2. The number of aromatic nitrogens is 1. The van der Waals surface area contributed by atoms with Crippen LogP contribution in [-0.4, -0.2) is 35.4 Å². The molecule has 31 heavy (non-hydrogen) atoms. The van der Waals surface area contributed by atoms with Crippen molar-refractivity contribution in [1.82, 2.24) is 4.57 Å². The molecule has 4 rings (SSSR count). The summed E-state index contributed by atoms with van der Waals surface area (Å²) < 4.78 is 12.7.